The third-order valence-corrected chi connectivity index (χ3v) is 2.28. The van der Waals surface area contributed by atoms with Gasteiger partial charge in [0.25, 0.3) is 0 Å². The molecule has 17 heavy (non-hydrogen) atoms. The number of halogens is 6. The summed E-state index contributed by atoms with van der Waals surface area (Å²) < 4.78 is 63.6. The number of aromatic nitrogens is 3. The van der Waals surface area contributed by atoms with Gasteiger partial charge in [-0.3, -0.25) is 0 Å². The summed E-state index contributed by atoms with van der Waals surface area (Å²) in [5, 5.41) is 6.14. The van der Waals surface area contributed by atoms with Crippen LogP contribution in [0.1, 0.15) is 31.5 Å². The van der Waals surface area contributed by atoms with Crippen molar-refractivity contribution in [1.82, 2.24) is 14.8 Å². The van der Waals surface area contributed by atoms with Gasteiger partial charge in [0.05, 0.1) is 5.88 Å². The lowest BCUT2D eigenvalue weighted by Crippen LogP contribution is -2.37. The van der Waals surface area contributed by atoms with Crippen LogP contribution in [0.3, 0.4) is 0 Å². The Kier molecular flexibility index (Phi) is 3.66. The van der Waals surface area contributed by atoms with Crippen LogP contribution in [-0.4, -0.2) is 20.9 Å². The molecule has 0 saturated heterocycles. The van der Waals surface area contributed by atoms with Crippen LogP contribution >= 0.6 is 11.6 Å². The van der Waals surface area contributed by atoms with Gasteiger partial charge in [0, 0.05) is 6.04 Å². The van der Waals surface area contributed by atoms with Crippen LogP contribution in [0, 0.1) is 0 Å². The van der Waals surface area contributed by atoms with Crippen molar-refractivity contribution in [3.63, 3.8) is 0 Å². The molecule has 0 N–H and O–H groups in total. The van der Waals surface area contributed by atoms with E-state index in [1.807, 2.05) is 0 Å². The summed E-state index contributed by atoms with van der Waals surface area (Å²) in [7, 11) is 0. The van der Waals surface area contributed by atoms with Crippen LogP contribution in [0.2, 0.25) is 0 Å². The maximum Gasteiger partial charge on any atom is 0.461 e. The Hall–Kier alpha value is -0.920. The van der Waals surface area contributed by atoms with E-state index in [4.69, 9.17) is 11.6 Å². The molecule has 0 aliphatic carbocycles. The third kappa shape index (κ3) is 2.36. The van der Waals surface area contributed by atoms with Crippen molar-refractivity contribution in [3.8, 4) is 0 Å². The van der Waals surface area contributed by atoms with Crippen molar-refractivity contribution in [2.24, 2.45) is 0 Å². The van der Waals surface area contributed by atoms with E-state index in [1.165, 1.54) is 13.8 Å². The first kappa shape index (κ1) is 14.1. The Labute approximate surface area is 98.6 Å². The highest BCUT2D eigenvalue weighted by atomic mass is 35.5. The molecular formula is C8H9ClF5N3. The Balaban J connectivity index is 3.37. The molecule has 0 amide bonds. The first-order valence-corrected chi connectivity index (χ1v) is 5.11. The molecule has 98 valence electrons. The van der Waals surface area contributed by atoms with Crippen LogP contribution in [0.5, 0.6) is 0 Å². The lowest BCUT2D eigenvalue weighted by atomic mass is 10.2. The largest absolute Gasteiger partial charge is 0.461 e. The van der Waals surface area contributed by atoms with Gasteiger partial charge in [-0.2, -0.15) is 22.0 Å². The molecular weight excluding hydrogens is 269 g/mol. The standard InChI is InChI=1S/C8H9ClF5N3/c1-4(2)17-5(3-9)15-16-6(17)7(10,11)8(12,13)14/h4H,3H2,1-2H3. The lowest BCUT2D eigenvalue weighted by molar-refractivity contribution is -0.293. The molecule has 0 aromatic carbocycles. The van der Waals surface area contributed by atoms with Gasteiger partial charge >= 0.3 is 12.1 Å². The maximum absolute atomic E-state index is 13.1. The molecule has 9 heteroatoms. The average molecular weight is 278 g/mol. The van der Waals surface area contributed by atoms with E-state index in [0.717, 1.165) is 0 Å². The summed E-state index contributed by atoms with van der Waals surface area (Å²) in [4.78, 5) is 0. The minimum Gasteiger partial charge on any atom is -0.306 e. The van der Waals surface area contributed by atoms with Crippen LogP contribution in [-0.2, 0) is 11.8 Å². The van der Waals surface area contributed by atoms with Crippen molar-refractivity contribution in [2.75, 3.05) is 0 Å². The highest BCUT2D eigenvalue weighted by Crippen LogP contribution is 2.43. The van der Waals surface area contributed by atoms with E-state index in [0.29, 0.717) is 4.57 Å². The topological polar surface area (TPSA) is 30.7 Å². The van der Waals surface area contributed by atoms with Gasteiger partial charge in [0.2, 0.25) is 5.82 Å². The summed E-state index contributed by atoms with van der Waals surface area (Å²) in [6.45, 7) is 2.88. The Morgan fingerprint density at radius 2 is 1.71 bits per heavy atom. The second-order valence-corrected chi connectivity index (χ2v) is 3.88. The molecule has 0 bridgehead atoms. The normalized spacial score (nSPS) is 13.5. The van der Waals surface area contributed by atoms with Gasteiger partial charge in [-0.15, -0.1) is 21.8 Å². The summed E-state index contributed by atoms with van der Waals surface area (Å²) in [6.07, 6.45) is -5.71. The minimum absolute atomic E-state index is 0.124. The van der Waals surface area contributed by atoms with Crippen LogP contribution in [0.25, 0.3) is 0 Å². The monoisotopic (exact) mass is 277 g/mol. The first-order valence-electron chi connectivity index (χ1n) is 4.57. The number of hydrogen-bond acceptors (Lipinski definition) is 2. The van der Waals surface area contributed by atoms with Crippen LogP contribution in [0.4, 0.5) is 22.0 Å². The smallest absolute Gasteiger partial charge is 0.306 e. The summed E-state index contributed by atoms with van der Waals surface area (Å²) in [5.74, 6) is -6.90. The van der Waals surface area contributed by atoms with Crippen molar-refractivity contribution < 1.29 is 22.0 Å². The van der Waals surface area contributed by atoms with Gasteiger partial charge in [-0.1, -0.05) is 0 Å². The fourth-order valence-electron chi connectivity index (χ4n) is 1.30. The second-order valence-electron chi connectivity index (χ2n) is 3.61. The Morgan fingerprint density at radius 3 is 2.06 bits per heavy atom. The van der Waals surface area contributed by atoms with Crippen molar-refractivity contribution in [2.45, 2.75) is 37.9 Å². The van der Waals surface area contributed by atoms with Crippen LogP contribution < -0.4 is 0 Å². The highest BCUT2D eigenvalue weighted by Gasteiger charge is 2.62. The van der Waals surface area contributed by atoms with Crippen molar-refractivity contribution >= 4 is 11.6 Å². The molecule has 0 spiro atoms. The summed E-state index contributed by atoms with van der Waals surface area (Å²) in [5.41, 5.74) is 0. The number of nitrogens with zero attached hydrogens (tertiary/aromatic N) is 3. The van der Waals surface area contributed by atoms with Crippen molar-refractivity contribution in [3.05, 3.63) is 11.6 Å². The van der Waals surface area contributed by atoms with E-state index in [-0.39, 0.29) is 11.7 Å². The van der Waals surface area contributed by atoms with E-state index < -0.39 is 24.0 Å². The zero-order valence-electron chi connectivity index (χ0n) is 8.89. The van der Waals surface area contributed by atoms with Gasteiger partial charge in [-0.05, 0) is 13.8 Å². The van der Waals surface area contributed by atoms with Gasteiger partial charge in [0.15, 0.2) is 0 Å². The molecule has 0 radical (unpaired) electrons. The first-order chi connectivity index (χ1) is 7.63. The number of hydrogen-bond donors (Lipinski definition) is 0. The van der Waals surface area contributed by atoms with Gasteiger partial charge in [-0.25, -0.2) is 0 Å². The average Bonchev–Trinajstić information content (AvgIpc) is 2.59. The van der Waals surface area contributed by atoms with Crippen molar-refractivity contribution in [1.29, 1.82) is 0 Å². The molecule has 0 fully saturated rings. The predicted octanol–water partition coefficient (Wildman–Crippen LogP) is 3.25. The van der Waals surface area contributed by atoms with Gasteiger partial charge < -0.3 is 4.57 Å². The molecule has 0 aliphatic rings. The summed E-state index contributed by atoms with van der Waals surface area (Å²) in [6, 6.07) is -0.651. The molecule has 3 nitrogen and oxygen atoms in total. The molecule has 1 aromatic heterocycles. The summed E-state index contributed by atoms with van der Waals surface area (Å²) >= 11 is 5.40. The maximum atomic E-state index is 13.1. The molecule has 1 aromatic rings. The van der Waals surface area contributed by atoms with E-state index in [2.05, 4.69) is 10.2 Å². The lowest BCUT2D eigenvalue weighted by Gasteiger charge is -2.21. The fraction of sp³-hybridized carbons (Fsp3) is 0.750. The highest BCUT2D eigenvalue weighted by molar-refractivity contribution is 6.16. The Bertz CT molecular complexity index is 398. The number of rotatable bonds is 3. The third-order valence-electron chi connectivity index (χ3n) is 2.04. The Morgan fingerprint density at radius 1 is 1.18 bits per heavy atom. The molecule has 1 rings (SSSR count). The van der Waals surface area contributed by atoms with E-state index in [1.54, 1.807) is 0 Å². The molecule has 0 aliphatic heterocycles. The molecule has 0 unspecified atom stereocenters. The van der Waals surface area contributed by atoms with Crippen LogP contribution in [0.15, 0.2) is 0 Å². The predicted molar refractivity (Wildman–Crippen MR) is 49.9 cm³/mol. The molecule has 0 saturated carbocycles. The minimum atomic E-state index is -5.71. The second kappa shape index (κ2) is 4.40. The SMILES string of the molecule is CC(C)n1c(CCl)nnc1C(F)(F)C(F)(F)F. The zero-order chi connectivity index (χ0) is 13.4. The molecule has 1 heterocycles. The zero-order valence-corrected chi connectivity index (χ0v) is 9.65. The molecule has 0 atom stereocenters. The van der Waals surface area contributed by atoms with Gasteiger partial charge in [0.1, 0.15) is 5.82 Å². The number of alkyl halides is 6. The van der Waals surface area contributed by atoms with E-state index in [9.17, 15) is 22.0 Å². The van der Waals surface area contributed by atoms with E-state index >= 15 is 0 Å². The quantitative estimate of drug-likeness (QED) is 0.627. The fourth-order valence-corrected chi connectivity index (χ4v) is 1.48.